The molecule has 2 aromatic carbocycles. The molecule has 0 aliphatic rings. The van der Waals surface area contributed by atoms with Crippen LogP contribution in [0.3, 0.4) is 0 Å². The lowest BCUT2D eigenvalue weighted by Gasteiger charge is -2.26. The van der Waals surface area contributed by atoms with E-state index < -0.39 is 35.7 Å². The van der Waals surface area contributed by atoms with Crippen molar-refractivity contribution in [1.82, 2.24) is 14.9 Å². The van der Waals surface area contributed by atoms with Gasteiger partial charge in [0, 0.05) is 29.8 Å². The summed E-state index contributed by atoms with van der Waals surface area (Å²) in [5.41, 5.74) is -2.08. The van der Waals surface area contributed by atoms with Gasteiger partial charge >= 0.3 is 0 Å². The van der Waals surface area contributed by atoms with Gasteiger partial charge in [-0.2, -0.15) is 0 Å². The summed E-state index contributed by atoms with van der Waals surface area (Å²) in [6.07, 6.45) is -1.62. The molecule has 1 atom stereocenters. The number of nitrogens with one attached hydrogen (secondary N) is 2. The number of ether oxygens (including phenoxy) is 1. The minimum Gasteiger partial charge on any atom is -0.455 e. The third-order valence-corrected chi connectivity index (χ3v) is 7.02. The number of hydrogen-bond donors (Lipinski definition) is 3. The summed E-state index contributed by atoms with van der Waals surface area (Å²) in [5, 5.41) is 13.4. The van der Waals surface area contributed by atoms with E-state index in [2.05, 4.69) is 4.98 Å². The van der Waals surface area contributed by atoms with Gasteiger partial charge in [0.2, 0.25) is 0 Å². The maximum atomic E-state index is 13.4. The highest BCUT2D eigenvalue weighted by molar-refractivity contribution is 6.32. The number of pyridine rings is 1. The van der Waals surface area contributed by atoms with E-state index in [-0.39, 0.29) is 11.2 Å². The topological polar surface area (TPSA) is 96.3 Å². The molecule has 0 fully saturated rings. The van der Waals surface area contributed by atoms with Crippen molar-refractivity contribution in [3.05, 3.63) is 80.9 Å². The lowest BCUT2D eigenvalue weighted by atomic mass is 9.93. The van der Waals surface area contributed by atoms with Crippen LogP contribution in [0.5, 0.6) is 11.5 Å². The van der Waals surface area contributed by atoms with Crippen LogP contribution in [0.15, 0.2) is 53.5 Å². The Balaban J connectivity index is 1.94. The molecule has 7 nitrogen and oxygen atoms in total. The molecule has 0 aliphatic carbocycles. The third kappa shape index (κ3) is 5.46. The number of alkyl halides is 3. The Morgan fingerprint density at radius 2 is 1.88 bits per heavy atom. The number of halogens is 4. The molecule has 0 saturated carbocycles. The van der Waals surface area contributed by atoms with Crippen molar-refractivity contribution in [3.8, 4) is 22.6 Å². The summed E-state index contributed by atoms with van der Waals surface area (Å²) in [7, 11) is 1.52. The number of aromatic nitrogens is 2. The van der Waals surface area contributed by atoms with Gasteiger partial charge in [-0.1, -0.05) is 29.8 Å². The second-order valence-electron chi connectivity index (χ2n) is 10.5. The van der Waals surface area contributed by atoms with Gasteiger partial charge in [-0.3, -0.25) is 9.59 Å². The first-order valence-electron chi connectivity index (χ1n) is 12.4. The van der Waals surface area contributed by atoms with Crippen molar-refractivity contribution in [2.75, 3.05) is 6.67 Å². The van der Waals surface area contributed by atoms with Crippen molar-refractivity contribution < 1.29 is 27.8 Å². The molecule has 2 heterocycles. The molecule has 0 spiro atoms. The first kappa shape index (κ1) is 29.2. The van der Waals surface area contributed by atoms with Crippen molar-refractivity contribution in [1.29, 1.82) is 0 Å². The van der Waals surface area contributed by atoms with Gasteiger partial charge in [-0.15, -0.1) is 0 Å². The highest BCUT2D eigenvalue weighted by Gasteiger charge is 2.37. The Kier molecular flexibility index (Phi) is 7.79. The minimum atomic E-state index is -3.16. The number of benzene rings is 2. The third-order valence-electron chi connectivity index (χ3n) is 6.72. The molecule has 1 amide bonds. The van der Waals surface area contributed by atoms with E-state index in [4.69, 9.17) is 16.3 Å². The maximum Gasteiger partial charge on any atom is 0.274 e. The zero-order valence-corrected chi connectivity index (χ0v) is 23.3. The first-order valence-corrected chi connectivity index (χ1v) is 12.7. The molecule has 4 aromatic rings. The number of para-hydroxylation sites is 1. The van der Waals surface area contributed by atoms with Crippen LogP contribution in [0.1, 0.15) is 42.4 Å². The van der Waals surface area contributed by atoms with E-state index in [9.17, 15) is 27.9 Å². The lowest BCUT2D eigenvalue weighted by Crippen LogP contribution is -2.53. The fraction of sp³-hybridized carbons (Fsp3) is 0.310. The van der Waals surface area contributed by atoms with Gasteiger partial charge in [0.25, 0.3) is 17.9 Å². The van der Waals surface area contributed by atoms with E-state index in [0.717, 1.165) is 12.5 Å². The highest BCUT2D eigenvalue weighted by Crippen LogP contribution is 2.41. The van der Waals surface area contributed by atoms with Crippen molar-refractivity contribution >= 4 is 28.4 Å². The van der Waals surface area contributed by atoms with Crippen molar-refractivity contribution in [2.24, 2.45) is 7.05 Å². The quantitative estimate of drug-likeness (QED) is 0.232. The van der Waals surface area contributed by atoms with Crippen molar-refractivity contribution in [2.45, 2.75) is 45.3 Å². The Morgan fingerprint density at radius 3 is 2.48 bits per heavy atom. The Morgan fingerprint density at radius 1 is 1.18 bits per heavy atom. The molecular formula is C29H29ClF3N3O4. The molecule has 0 radical (unpaired) electrons. The number of aromatic amines is 1. The zero-order valence-electron chi connectivity index (χ0n) is 22.5. The Labute approximate surface area is 233 Å². The monoisotopic (exact) mass is 575 g/mol. The van der Waals surface area contributed by atoms with Gasteiger partial charge in [-0.05, 0) is 63.1 Å². The Hall–Kier alpha value is -3.76. The average molecular weight is 576 g/mol. The smallest absolute Gasteiger partial charge is 0.274 e. The van der Waals surface area contributed by atoms with Crippen LogP contribution >= 0.6 is 11.6 Å². The van der Waals surface area contributed by atoms with Crippen LogP contribution in [0.2, 0.25) is 5.02 Å². The van der Waals surface area contributed by atoms with Crippen molar-refractivity contribution in [3.63, 3.8) is 0 Å². The molecular weight excluding hydrogens is 547 g/mol. The number of fused-ring (bicyclic) bond motifs is 1. The largest absolute Gasteiger partial charge is 0.455 e. The zero-order chi connectivity index (χ0) is 29.6. The molecule has 212 valence electrons. The van der Waals surface area contributed by atoms with E-state index in [1.807, 2.05) is 18.3 Å². The molecule has 0 saturated heterocycles. The number of aryl methyl sites for hydroxylation is 2. The summed E-state index contributed by atoms with van der Waals surface area (Å²) in [6.45, 7) is 4.47. The highest BCUT2D eigenvalue weighted by atomic mass is 35.5. The molecule has 3 N–H and O–H groups in total. The molecule has 2 aromatic heterocycles. The normalized spacial score (nSPS) is 13.5. The molecule has 40 heavy (non-hydrogen) atoms. The number of amides is 1. The first-order chi connectivity index (χ1) is 18.7. The van der Waals surface area contributed by atoms with E-state index in [1.54, 1.807) is 50.4 Å². The maximum absolute atomic E-state index is 13.4. The second-order valence-corrected chi connectivity index (χ2v) is 10.9. The summed E-state index contributed by atoms with van der Waals surface area (Å²) in [6, 6.07) is 11.7. The molecule has 11 heteroatoms. The van der Waals surface area contributed by atoms with Crippen LogP contribution in [0, 0.1) is 6.92 Å². The molecule has 1 unspecified atom stereocenters. The summed E-state index contributed by atoms with van der Waals surface area (Å²) >= 11 is 6.41. The SMILES string of the molecule is Cc1cccc(Cl)c1Oc1ccc(C(C)(C)O)cc1-c1cn(C)c(=O)c2[nH]c(C(=O)NC(C)(CF)C(F)F)cc12. The predicted octanol–water partition coefficient (Wildman–Crippen LogP) is 6.24. The number of carbonyl (C=O) groups is 1. The number of hydrogen-bond acceptors (Lipinski definition) is 4. The number of rotatable bonds is 8. The van der Waals surface area contributed by atoms with Crippen LogP contribution in [-0.4, -0.2) is 39.2 Å². The summed E-state index contributed by atoms with van der Waals surface area (Å²) in [5.74, 6) is -0.244. The summed E-state index contributed by atoms with van der Waals surface area (Å²) < 4.78 is 47.8. The number of aliphatic hydroxyl groups is 1. The van der Waals surface area contributed by atoms with Crippen LogP contribution < -0.4 is 15.6 Å². The Bertz CT molecular complexity index is 1640. The summed E-state index contributed by atoms with van der Waals surface area (Å²) in [4.78, 5) is 28.6. The van der Waals surface area contributed by atoms with Gasteiger partial charge in [0.15, 0.2) is 0 Å². The fourth-order valence-electron chi connectivity index (χ4n) is 4.21. The molecule has 0 aliphatic heterocycles. The van der Waals surface area contributed by atoms with E-state index in [1.165, 1.54) is 17.7 Å². The predicted molar refractivity (Wildman–Crippen MR) is 148 cm³/mol. The standard InChI is InChI=1S/C29H29ClF3N3O4/c1-15-7-6-8-20(30)24(15)40-22-10-9-16(28(2,3)39)11-17(22)19-13-36(5)26(38)23-18(19)12-21(34-23)25(37)35-29(4,14-31)27(32)33/h6-13,27,34,39H,14H2,1-5H3,(H,35,37). The van der Waals surface area contributed by atoms with Crippen LogP contribution in [0.25, 0.3) is 22.0 Å². The average Bonchev–Trinajstić information content (AvgIpc) is 3.34. The molecule has 0 bridgehead atoms. The lowest BCUT2D eigenvalue weighted by molar-refractivity contribution is 0.0237. The van der Waals surface area contributed by atoms with Crippen LogP contribution in [0.4, 0.5) is 13.2 Å². The van der Waals surface area contributed by atoms with E-state index >= 15 is 0 Å². The van der Waals surface area contributed by atoms with E-state index in [0.29, 0.717) is 38.6 Å². The van der Waals surface area contributed by atoms with Crippen LogP contribution in [-0.2, 0) is 12.6 Å². The van der Waals surface area contributed by atoms with Gasteiger partial charge in [0.1, 0.15) is 34.9 Å². The number of H-pyrrole nitrogens is 1. The fourth-order valence-corrected chi connectivity index (χ4v) is 4.47. The van der Waals surface area contributed by atoms with Gasteiger partial charge < -0.3 is 24.7 Å². The second kappa shape index (κ2) is 10.7. The van der Waals surface area contributed by atoms with Gasteiger partial charge in [0.05, 0.1) is 10.6 Å². The minimum absolute atomic E-state index is 0.0256. The van der Waals surface area contributed by atoms with Gasteiger partial charge in [-0.25, -0.2) is 13.2 Å². The number of carbonyl (C=O) groups excluding carboxylic acids is 1. The number of nitrogens with zero attached hydrogens (tertiary/aromatic N) is 1. The molecule has 4 rings (SSSR count).